The zero-order valence-corrected chi connectivity index (χ0v) is 30.9. The van der Waals surface area contributed by atoms with Crippen LogP contribution in [0.4, 0.5) is 0 Å². The van der Waals surface area contributed by atoms with Gasteiger partial charge < -0.3 is 19.3 Å². The van der Waals surface area contributed by atoms with E-state index in [0.717, 1.165) is 32.1 Å². The van der Waals surface area contributed by atoms with E-state index >= 15 is 0 Å². The summed E-state index contributed by atoms with van der Waals surface area (Å²) in [5.41, 5.74) is 0. The van der Waals surface area contributed by atoms with Crippen LogP contribution in [0, 0.1) is 0 Å². The Labute approximate surface area is 283 Å². The predicted molar refractivity (Wildman–Crippen MR) is 189 cm³/mol. The van der Waals surface area contributed by atoms with Crippen molar-refractivity contribution in [1.29, 1.82) is 0 Å². The van der Waals surface area contributed by atoms with Crippen molar-refractivity contribution < 1.29 is 37.9 Å². The van der Waals surface area contributed by atoms with Gasteiger partial charge in [-0.05, 0) is 12.8 Å². The zero-order chi connectivity index (χ0) is 34.0. The molecule has 0 fully saturated rings. The minimum absolute atomic E-state index is 0.220. The van der Waals surface area contributed by atoms with E-state index in [2.05, 4.69) is 18.4 Å². The van der Waals surface area contributed by atoms with Crippen LogP contribution >= 0.6 is 7.82 Å². The highest BCUT2D eigenvalue weighted by Crippen LogP contribution is 2.36. The maximum absolute atomic E-state index is 12.3. The molecule has 1 unspecified atom stereocenters. The summed E-state index contributed by atoms with van der Waals surface area (Å²) in [6.07, 6.45) is 34.3. The van der Waals surface area contributed by atoms with Crippen LogP contribution in [0.1, 0.15) is 206 Å². The van der Waals surface area contributed by atoms with Crippen LogP contribution in [0.5, 0.6) is 0 Å². The number of rotatable bonds is 36. The Morgan fingerprint density at radius 3 is 1.11 bits per heavy atom. The predicted octanol–water partition coefficient (Wildman–Crippen LogP) is 11.3. The third kappa shape index (κ3) is 35.9. The van der Waals surface area contributed by atoms with Crippen LogP contribution in [0.3, 0.4) is 0 Å². The Kier molecular flexibility index (Phi) is 33.2. The Morgan fingerprint density at radius 1 is 0.478 bits per heavy atom. The number of esters is 2. The van der Waals surface area contributed by atoms with Crippen molar-refractivity contribution in [3.63, 3.8) is 0 Å². The first-order chi connectivity index (χ1) is 22.3. The van der Waals surface area contributed by atoms with E-state index in [9.17, 15) is 14.2 Å². The minimum Gasteiger partial charge on any atom is -0.462 e. The molecule has 0 aromatic carbocycles. The fourth-order valence-electron chi connectivity index (χ4n) is 5.73. The van der Waals surface area contributed by atoms with E-state index in [1.54, 1.807) is 0 Å². The molecule has 0 aliphatic heterocycles. The average molecular weight is 677 g/mol. The number of unbranched alkanes of at least 4 members (excludes halogenated alkanes) is 26. The number of phosphoric ester groups is 1. The second kappa shape index (κ2) is 33.9. The summed E-state index contributed by atoms with van der Waals surface area (Å²) in [5, 5.41) is 0. The van der Waals surface area contributed by atoms with Crippen LogP contribution in [-0.2, 0) is 28.2 Å². The Balaban J connectivity index is 3.77. The van der Waals surface area contributed by atoms with Gasteiger partial charge in [0.2, 0.25) is 0 Å². The molecule has 0 rings (SSSR count). The number of ether oxygens (including phenoxy) is 2. The van der Waals surface area contributed by atoms with Gasteiger partial charge in [-0.15, -0.1) is 0 Å². The van der Waals surface area contributed by atoms with Crippen molar-refractivity contribution >= 4 is 19.8 Å². The number of carbonyl (C=O) groups excluding carboxylic acids is 2. The maximum atomic E-state index is 12.3. The molecular formula is C37H73O8P. The largest absolute Gasteiger partial charge is 0.469 e. The second-order valence-electron chi connectivity index (χ2n) is 13.3. The highest BCUT2D eigenvalue weighted by molar-refractivity contribution is 7.46. The SMILES string of the molecule is CCCCCCCCCCCCCCCCCCCCCCCC(=O)OC(COC(=O)CCCCCCCCC)COP(=O)(O)O. The summed E-state index contributed by atoms with van der Waals surface area (Å²) < 4.78 is 26.2. The van der Waals surface area contributed by atoms with E-state index in [0.29, 0.717) is 6.42 Å². The summed E-state index contributed by atoms with van der Waals surface area (Å²) in [6, 6.07) is 0. The quantitative estimate of drug-likeness (QED) is 0.0382. The molecule has 0 aliphatic rings. The standard InChI is InChI=1S/C37H73O8P/c1-3-5-7-9-11-12-13-14-15-16-17-18-19-20-21-22-23-24-26-28-30-32-37(39)45-35(34-44-46(40,41)42)33-43-36(38)31-29-27-25-10-8-6-4-2/h35H,3-34H2,1-2H3,(H2,40,41,42). The summed E-state index contributed by atoms with van der Waals surface area (Å²) >= 11 is 0. The zero-order valence-electron chi connectivity index (χ0n) is 30.0. The summed E-state index contributed by atoms with van der Waals surface area (Å²) in [6.45, 7) is 3.65. The highest BCUT2D eigenvalue weighted by Gasteiger charge is 2.22. The van der Waals surface area contributed by atoms with Gasteiger partial charge >= 0.3 is 19.8 Å². The van der Waals surface area contributed by atoms with Crippen molar-refractivity contribution in [2.75, 3.05) is 13.2 Å². The number of hydrogen-bond acceptors (Lipinski definition) is 6. The molecule has 0 heterocycles. The first kappa shape index (κ1) is 45.0. The second-order valence-corrected chi connectivity index (χ2v) is 14.5. The fraction of sp³-hybridized carbons (Fsp3) is 0.946. The van der Waals surface area contributed by atoms with Gasteiger partial charge in [0.05, 0.1) is 6.61 Å². The average Bonchev–Trinajstić information content (AvgIpc) is 3.02. The van der Waals surface area contributed by atoms with Gasteiger partial charge in [0.15, 0.2) is 6.10 Å². The van der Waals surface area contributed by atoms with Crippen molar-refractivity contribution in [2.45, 2.75) is 213 Å². The highest BCUT2D eigenvalue weighted by atomic mass is 31.2. The van der Waals surface area contributed by atoms with E-state index < -0.39 is 32.5 Å². The number of phosphoric acid groups is 1. The fourth-order valence-corrected chi connectivity index (χ4v) is 6.09. The van der Waals surface area contributed by atoms with Gasteiger partial charge in [-0.1, -0.05) is 181 Å². The Morgan fingerprint density at radius 2 is 0.783 bits per heavy atom. The lowest BCUT2D eigenvalue weighted by molar-refractivity contribution is -0.161. The molecule has 0 saturated heterocycles. The first-order valence-electron chi connectivity index (χ1n) is 19.3. The van der Waals surface area contributed by atoms with Gasteiger partial charge in [-0.2, -0.15) is 0 Å². The molecule has 46 heavy (non-hydrogen) atoms. The van der Waals surface area contributed by atoms with Crippen LogP contribution in [0.2, 0.25) is 0 Å². The molecule has 9 heteroatoms. The first-order valence-corrected chi connectivity index (χ1v) is 20.9. The molecule has 0 aromatic rings. The molecular weight excluding hydrogens is 603 g/mol. The lowest BCUT2D eigenvalue weighted by Crippen LogP contribution is -2.29. The van der Waals surface area contributed by atoms with Crippen LogP contribution in [0.25, 0.3) is 0 Å². The number of carbonyl (C=O) groups is 2. The smallest absolute Gasteiger partial charge is 0.462 e. The normalized spacial score (nSPS) is 12.3. The van der Waals surface area contributed by atoms with E-state index in [1.165, 1.54) is 141 Å². The van der Waals surface area contributed by atoms with Crippen molar-refractivity contribution in [3.8, 4) is 0 Å². The van der Waals surface area contributed by atoms with Crippen LogP contribution in [0.15, 0.2) is 0 Å². The summed E-state index contributed by atoms with van der Waals surface area (Å²) in [5.74, 6) is -0.879. The third-order valence-corrected chi connectivity index (χ3v) is 9.11. The minimum atomic E-state index is -4.74. The van der Waals surface area contributed by atoms with Gasteiger partial charge in [0.1, 0.15) is 6.61 Å². The van der Waals surface area contributed by atoms with Crippen molar-refractivity contribution in [3.05, 3.63) is 0 Å². The van der Waals surface area contributed by atoms with Gasteiger partial charge in [-0.3, -0.25) is 14.1 Å². The summed E-state index contributed by atoms with van der Waals surface area (Å²) in [4.78, 5) is 42.5. The van der Waals surface area contributed by atoms with Gasteiger partial charge in [0, 0.05) is 12.8 Å². The molecule has 0 bridgehead atoms. The molecule has 0 spiro atoms. The molecule has 1 atom stereocenters. The molecule has 0 saturated carbocycles. The maximum Gasteiger partial charge on any atom is 0.469 e. The molecule has 0 aromatic heterocycles. The summed E-state index contributed by atoms with van der Waals surface area (Å²) in [7, 11) is -4.74. The Hall–Kier alpha value is -0.950. The van der Waals surface area contributed by atoms with E-state index in [-0.39, 0.29) is 19.4 Å². The van der Waals surface area contributed by atoms with Gasteiger partial charge in [0.25, 0.3) is 0 Å². The molecule has 2 N–H and O–H groups in total. The van der Waals surface area contributed by atoms with E-state index in [1.807, 2.05) is 0 Å². The van der Waals surface area contributed by atoms with Crippen LogP contribution < -0.4 is 0 Å². The van der Waals surface area contributed by atoms with Crippen molar-refractivity contribution in [2.24, 2.45) is 0 Å². The molecule has 0 amide bonds. The number of hydrogen-bond donors (Lipinski definition) is 2. The topological polar surface area (TPSA) is 119 Å². The lowest BCUT2D eigenvalue weighted by atomic mass is 10.0. The Bertz CT molecular complexity index is 726. The van der Waals surface area contributed by atoms with E-state index in [4.69, 9.17) is 19.3 Å². The molecule has 8 nitrogen and oxygen atoms in total. The molecule has 274 valence electrons. The van der Waals surface area contributed by atoms with Gasteiger partial charge in [-0.25, -0.2) is 4.57 Å². The molecule has 0 radical (unpaired) electrons. The lowest BCUT2D eigenvalue weighted by Gasteiger charge is -2.18. The van der Waals surface area contributed by atoms with Crippen molar-refractivity contribution in [1.82, 2.24) is 0 Å². The third-order valence-electron chi connectivity index (χ3n) is 8.63. The molecule has 0 aliphatic carbocycles. The monoisotopic (exact) mass is 677 g/mol. The van der Waals surface area contributed by atoms with Crippen LogP contribution in [-0.4, -0.2) is 41.0 Å².